The molecule has 7 N–H and O–H groups in total. The third-order valence-electron chi connectivity index (χ3n) is 4.50. The summed E-state index contributed by atoms with van der Waals surface area (Å²) in [5.74, 6) is -3.52. The van der Waals surface area contributed by atoms with E-state index >= 15 is 0 Å². The van der Waals surface area contributed by atoms with Crippen LogP contribution in [-0.2, 0) is 0 Å². The summed E-state index contributed by atoms with van der Waals surface area (Å²) in [4.78, 5) is 40.8. The molecule has 0 aliphatic rings. The minimum Gasteiger partial charge on any atom is -0.478 e. The van der Waals surface area contributed by atoms with Crippen LogP contribution in [0.2, 0.25) is 0 Å². The van der Waals surface area contributed by atoms with E-state index in [2.05, 4.69) is 0 Å². The van der Waals surface area contributed by atoms with Crippen molar-refractivity contribution in [3.63, 3.8) is 0 Å². The molecule has 42 heavy (non-hydrogen) atoms. The Labute approximate surface area is 241 Å². The zero-order valence-electron chi connectivity index (χ0n) is 22.3. The summed E-state index contributed by atoms with van der Waals surface area (Å²) >= 11 is 0. The first-order chi connectivity index (χ1) is 20.0. The first-order valence-electron chi connectivity index (χ1n) is 12.1. The number of carboxylic acid groups (broad SMARTS) is 4. The number of hydrogen-bond donors (Lipinski definition) is 7. The Hall–Kier alpha value is -5.36. The molecule has 0 unspecified atom stereocenters. The smallest absolute Gasteiger partial charge is 0.335 e. The zero-order chi connectivity index (χ0) is 31.8. The molecule has 4 aromatic rings. The number of aliphatic hydroxyl groups excluding tert-OH is 3. The molecule has 11 heteroatoms. The van der Waals surface area contributed by atoms with Gasteiger partial charge in [-0.25, -0.2) is 19.2 Å². The van der Waals surface area contributed by atoms with Crippen molar-refractivity contribution in [2.75, 3.05) is 13.2 Å². The van der Waals surface area contributed by atoms with E-state index in [1.54, 1.807) is 121 Å². The van der Waals surface area contributed by atoms with E-state index in [-0.39, 0.29) is 13.2 Å². The molecule has 0 amide bonds. The average molecular weight is 581 g/mol. The standard InChI is InChI=1S/4C7H6O2.C3H8O3/c4*8-7(9)6-4-2-1-3-5-6;4-1-3(6)2-5/h4*1-5H,(H,8,9);3-6H,1-2H2. The Balaban J connectivity index is 0.000000504. The first kappa shape index (κ1) is 36.6. The van der Waals surface area contributed by atoms with Crippen LogP contribution >= 0.6 is 0 Å². The van der Waals surface area contributed by atoms with Crippen LogP contribution in [0.5, 0.6) is 0 Å². The maximum Gasteiger partial charge on any atom is 0.335 e. The van der Waals surface area contributed by atoms with Crippen LogP contribution in [0.4, 0.5) is 0 Å². The highest BCUT2D eigenvalue weighted by Gasteiger charge is 1.99. The van der Waals surface area contributed by atoms with Gasteiger partial charge in [0.15, 0.2) is 0 Å². The van der Waals surface area contributed by atoms with Crippen molar-refractivity contribution in [1.82, 2.24) is 0 Å². The van der Waals surface area contributed by atoms with Gasteiger partial charge in [-0.1, -0.05) is 72.8 Å². The fourth-order valence-corrected chi connectivity index (χ4v) is 2.38. The summed E-state index contributed by atoms with van der Waals surface area (Å²) in [6, 6.07) is 33.2. The minimum atomic E-state index is -0.954. The molecule has 4 aromatic carbocycles. The number of aromatic carboxylic acids is 4. The van der Waals surface area contributed by atoms with Gasteiger partial charge in [0, 0.05) is 0 Å². The van der Waals surface area contributed by atoms with Gasteiger partial charge in [0.05, 0.1) is 35.5 Å². The summed E-state index contributed by atoms with van der Waals surface area (Å²) < 4.78 is 0. The SMILES string of the molecule is O=C(O)c1ccccc1.O=C(O)c1ccccc1.O=C(O)c1ccccc1.O=C(O)c1ccccc1.OCC(O)CO. The molecule has 0 aliphatic carbocycles. The number of carboxylic acids is 4. The molecule has 0 saturated heterocycles. The summed E-state index contributed by atoms with van der Waals surface area (Å²) in [5.41, 5.74) is 1.32. The second-order valence-corrected chi connectivity index (χ2v) is 7.70. The van der Waals surface area contributed by atoms with E-state index < -0.39 is 30.0 Å². The number of benzene rings is 4. The lowest BCUT2D eigenvalue weighted by atomic mass is 10.2. The second-order valence-electron chi connectivity index (χ2n) is 7.70. The van der Waals surface area contributed by atoms with Gasteiger partial charge in [0.25, 0.3) is 0 Å². The van der Waals surface area contributed by atoms with Crippen LogP contribution in [0, 0.1) is 0 Å². The average Bonchev–Trinajstić information content (AvgIpc) is 3.03. The van der Waals surface area contributed by atoms with Crippen LogP contribution < -0.4 is 0 Å². The quantitative estimate of drug-likeness (QED) is 0.174. The van der Waals surface area contributed by atoms with Crippen molar-refractivity contribution in [3.8, 4) is 0 Å². The molecular weight excluding hydrogens is 548 g/mol. The molecule has 0 heterocycles. The van der Waals surface area contributed by atoms with Crippen molar-refractivity contribution in [3.05, 3.63) is 144 Å². The number of aliphatic hydroxyl groups is 3. The van der Waals surface area contributed by atoms with Crippen LogP contribution in [-0.4, -0.2) is 78.9 Å². The van der Waals surface area contributed by atoms with E-state index in [9.17, 15) is 19.2 Å². The van der Waals surface area contributed by atoms with E-state index in [0.717, 1.165) is 0 Å². The predicted molar refractivity (Wildman–Crippen MR) is 154 cm³/mol. The Morgan fingerprint density at radius 3 is 0.643 bits per heavy atom. The number of carbonyl (C=O) groups is 4. The molecule has 0 bridgehead atoms. The van der Waals surface area contributed by atoms with E-state index in [4.69, 9.17) is 35.7 Å². The molecule has 0 saturated carbocycles. The first-order valence-corrected chi connectivity index (χ1v) is 12.1. The molecule has 0 radical (unpaired) electrons. The van der Waals surface area contributed by atoms with Crippen molar-refractivity contribution >= 4 is 23.9 Å². The highest BCUT2D eigenvalue weighted by atomic mass is 16.4. The lowest BCUT2D eigenvalue weighted by Gasteiger charge is -1.96. The third kappa shape index (κ3) is 18.0. The Morgan fingerprint density at radius 1 is 0.405 bits per heavy atom. The molecule has 0 aliphatic heterocycles. The zero-order valence-corrected chi connectivity index (χ0v) is 22.3. The van der Waals surface area contributed by atoms with E-state index in [1.165, 1.54) is 0 Å². The van der Waals surface area contributed by atoms with Crippen LogP contribution in [0.15, 0.2) is 121 Å². The maximum atomic E-state index is 10.2. The van der Waals surface area contributed by atoms with E-state index in [0.29, 0.717) is 22.3 Å². The normalized spacial score (nSPS) is 9.05. The van der Waals surface area contributed by atoms with Gasteiger partial charge in [0.1, 0.15) is 6.10 Å². The van der Waals surface area contributed by atoms with Crippen molar-refractivity contribution < 1.29 is 54.9 Å². The molecule has 4 rings (SSSR count). The van der Waals surface area contributed by atoms with Crippen molar-refractivity contribution in [2.24, 2.45) is 0 Å². The molecular formula is C31H32O11. The Morgan fingerprint density at radius 2 is 0.571 bits per heavy atom. The minimum absolute atomic E-state index is 0.331. The fourth-order valence-electron chi connectivity index (χ4n) is 2.38. The summed E-state index contributed by atoms with van der Waals surface area (Å²) in [5, 5.41) is 57.6. The van der Waals surface area contributed by atoms with Gasteiger partial charge in [-0.15, -0.1) is 0 Å². The molecule has 222 valence electrons. The van der Waals surface area contributed by atoms with Crippen molar-refractivity contribution in [1.29, 1.82) is 0 Å². The van der Waals surface area contributed by atoms with Gasteiger partial charge in [-0.3, -0.25) is 0 Å². The largest absolute Gasteiger partial charge is 0.478 e. The number of hydrogen-bond acceptors (Lipinski definition) is 7. The monoisotopic (exact) mass is 580 g/mol. The Bertz CT molecular complexity index is 1100. The topological polar surface area (TPSA) is 210 Å². The summed E-state index contributed by atoms with van der Waals surface area (Å²) in [6.45, 7) is -0.729. The van der Waals surface area contributed by atoms with Gasteiger partial charge in [-0.05, 0) is 48.5 Å². The van der Waals surface area contributed by atoms with Gasteiger partial charge >= 0.3 is 23.9 Å². The molecule has 11 nitrogen and oxygen atoms in total. The van der Waals surface area contributed by atoms with E-state index in [1.807, 2.05) is 0 Å². The maximum absolute atomic E-state index is 10.2. The fraction of sp³-hybridized carbons (Fsp3) is 0.0968. The lowest BCUT2D eigenvalue weighted by molar-refractivity contribution is 0.0450. The highest BCUT2D eigenvalue weighted by molar-refractivity contribution is 5.88. The van der Waals surface area contributed by atoms with Gasteiger partial charge < -0.3 is 35.7 Å². The molecule has 0 fully saturated rings. The third-order valence-corrected chi connectivity index (χ3v) is 4.50. The highest BCUT2D eigenvalue weighted by Crippen LogP contribution is 1.98. The van der Waals surface area contributed by atoms with Crippen LogP contribution in [0.3, 0.4) is 0 Å². The van der Waals surface area contributed by atoms with Crippen LogP contribution in [0.25, 0.3) is 0 Å². The predicted octanol–water partition coefficient (Wildman–Crippen LogP) is 3.87. The number of rotatable bonds is 6. The second kappa shape index (κ2) is 22.5. The summed E-state index contributed by atoms with van der Waals surface area (Å²) in [6.07, 6.45) is -0.954. The lowest BCUT2D eigenvalue weighted by Crippen LogP contribution is -2.15. The van der Waals surface area contributed by atoms with Gasteiger partial charge in [-0.2, -0.15) is 0 Å². The van der Waals surface area contributed by atoms with Gasteiger partial charge in [0.2, 0.25) is 0 Å². The summed E-state index contributed by atoms with van der Waals surface area (Å²) in [7, 11) is 0. The van der Waals surface area contributed by atoms with Crippen LogP contribution in [0.1, 0.15) is 41.4 Å². The Kier molecular flexibility index (Phi) is 19.6. The van der Waals surface area contributed by atoms with Crippen molar-refractivity contribution in [2.45, 2.75) is 6.10 Å². The molecule has 0 atom stereocenters. The molecule has 0 aromatic heterocycles. The molecule has 0 spiro atoms.